The first-order valence-electron chi connectivity index (χ1n) is 8.64. The number of nitrogens with zero attached hydrogens (tertiary/aromatic N) is 2. The van der Waals surface area contributed by atoms with Crippen LogP contribution < -0.4 is 5.32 Å². The predicted octanol–water partition coefficient (Wildman–Crippen LogP) is 1.17. The Bertz CT molecular complexity index is 669. The summed E-state index contributed by atoms with van der Waals surface area (Å²) in [5, 5.41) is 3.27. The molecule has 1 atom stereocenters. The molecule has 0 unspecified atom stereocenters. The van der Waals surface area contributed by atoms with E-state index in [1.165, 1.54) is 29.2 Å². The lowest BCUT2D eigenvalue weighted by Gasteiger charge is -2.33. The van der Waals surface area contributed by atoms with Gasteiger partial charge >= 0.3 is 0 Å². The van der Waals surface area contributed by atoms with Crippen molar-refractivity contribution in [2.24, 2.45) is 0 Å². The van der Waals surface area contributed by atoms with Crippen LogP contribution in [-0.2, 0) is 9.59 Å². The second-order valence-corrected chi connectivity index (χ2v) is 6.47. The maximum absolute atomic E-state index is 13.0. The highest BCUT2D eigenvalue weighted by Crippen LogP contribution is 2.18. The van der Waals surface area contributed by atoms with Crippen LogP contribution in [0.4, 0.5) is 4.39 Å². The zero-order chi connectivity index (χ0) is 18.0. The first-order chi connectivity index (χ1) is 12.0. The van der Waals surface area contributed by atoms with Crippen LogP contribution in [0.15, 0.2) is 24.3 Å². The normalized spacial score (nSPS) is 21.9. The number of imide groups is 1. The Morgan fingerprint density at radius 3 is 2.40 bits per heavy atom. The molecular weight excluding hydrogens is 325 g/mol. The number of rotatable bonds is 4. The highest BCUT2D eigenvalue weighted by molar-refractivity contribution is 6.05. The Morgan fingerprint density at radius 2 is 1.84 bits per heavy atom. The summed E-state index contributed by atoms with van der Waals surface area (Å²) in [6.45, 7) is 3.33. The fourth-order valence-corrected chi connectivity index (χ4v) is 3.45. The summed E-state index contributed by atoms with van der Waals surface area (Å²) < 4.78 is 13.0. The first kappa shape index (κ1) is 17.5. The lowest BCUT2D eigenvalue weighted by Crippen LogP contribution is -2.49. The second kappa shape index (κ2) is 7.31. The van der Waals surface area contributed by atoms with Gasteiger partial charge in [0.1, 0.15) is 5.82 Å². The topological polar surface area (TPSA) is 69.7 Å². The van der Waals surface area contributed by atoms with Gasteiger partial charge in [-0.1, -0.05) is 0 Å². The van der Waals surface area contributed by atoms with E-state index in [0.717, 1.165) is 12.8 Å². The summed E-state index contributed by atoms with van der Waals surface area (Å²) in [5.74, 6) is -0.759. The van der Waals surface area contributed by atoms with E-state index in [2.05, 4.69) is 5.32 Å². The van der Waals surface area contributed by atoms with Crippen molar-refractivity contribution in [3.63, 3.8) is 0 Å². The number of halogens is 1. The van der Waals surface area contributed by atoms with Crippen LogP contribution in [0.2, 0.25) is 0 Å². The third-order valence-corrected chi connectivity index (χ3v) is 4.87. The van der Waals surface area contributed by atoms with Gasteiger partial charge in [0.25, 0.3) is 5.91 Å². The molecule has 3 amide bonds. The first-order valence-corrected chi connectivity index (χ1v) is 8.64. The molecule has 0 bridgehead atoms. The van der Waals surface area contributed by atoms with Crippen LogP contribution in [0.3, 0.4) is 0 Å². The molecule has 1 N–H and O–H groups in total. The van der Waals surface area contributed by atoms with Crippen molar-refractivity contribution in [1.29, 1.82) is 0 Å². The van der Waals surface area contributed by atoms with Crippen molar-refractivity contribution in [3.05, 3.63) is 35.6 Å². The number of benzene rings is 1. The number of carbonyl (C=O) groups is 3. The lowest BCUT2D eigenvalue weighted by atomic mass is 10.0. The van der Waals surface area contributed by atoms with Crippen molar-refractivity contribution in [1.82, 2.24) is 15.1 Å². The van der Waals surface area contributed by atoms with Crippen molar-refractivity contribution in [2.45, 2.75) is 38.3 Å². The fourth-order valence-electron chi connectivity index (χ4n) is 3.45. The molecule has 1 aromatic rings. The number of carbonyl (C=O) groups excluding carboxylic acids is 3. The zero-order valence-electron chi connectivity index (χ0n) is 14.2. The fraction of sp³-hybridized carbons (Fsp3) is 0.500. The Kier molecular flexibility index (Phi) is 5.13. The van der Waals surface area contributed by atoms with Crippen molar-refractivity contribution in [3.8, 4) is 0 Å². The standard InChI is InChI=1S/C18H22FN3O3/c1-2-22-16(23)11-15(18(22)25)20-14-7-9-21(10-8-14)17(24)12-3-5-13(19)6-4-12/h3-6,14-15,20H,2,7-11H2,1H3/t15-/m0/s1. The maximum atomic E-state index is 13.0. The summed E-state index contributed by atoms with van der Waals surface area (Å²) in [7, 11) is 0. The van der Waals surface area contributed by atoms with Gasteiger partial charge < -0.3 is 10.2 Å². The van der Waals surface area contributed by atoms with Gasteiger partial charge in [-0.2, -0.15) is 0 Å². The molecular formula is C18H22FN3O3. The Hall–Kier alpha value is -2.28. The van der Waals surface area contributed by atoms with E-state index in [1.807, 2.05) is 0 Å². The number of amides is 3. The van der Waals surface area contributed by atoms with Gasteiger partial charge in [-0.05, 0) is 44.0 Å². The molecule has 0 aromatic heterocycles. The molecule has 2 aliphatic rings. The van der Waals surface area contributed by atoms with Gasteiger partial charge in [-0.3, -0.25) is 19.3 Å². The summed E-state index contributed by atoms with van der Waals surface area (Å²) in [4.78, 5) is 39.4. The smallest absolute Gasteiger partial charge is 0.253 e. The monoisotopic (exact) mass is 347 g/mol. The average Bonchev–Trinajstić information content (AvgIpc) is 2.88. The van der Waals surface area contributed by atoms with Gasteiger partial charge in [0.15, 0.2) is 0 Å². The van der Waals surface area contributed by atoms with E-state index >= 15 is 0 Å². The highest BCUT2D eigenvalue weighted by Gasteiger charge is 2.39. The van der Waals surface area contributed by atoms with E-state index in [1.54, 1.807) is 11.8 Å². The molecule has 0 radical (unpaired) electrons. The van der Waals surface area contributed by atoms with Crippen LogP contribution >= 0.6 is 0 Å². The van der Waals surface area contributed by atoms with Gasteiger partial charge in [0.2, 0.25) is 11.8 Å². The van der Waals surface area contributed by atoms with Crippen molar-refractivity contribution < 1.29 is 18.8 Å². The number of likely N-dealkylation sites (tertiary alicyclic amines) is 2. The van der Waals surface area contributed by atoms with Crippen molar-refractivity contribution >= 4 is 17.7 Å². The largest absolute Gasteiger partial charge is 0.339 e. The quantitative estimate of drug-likeness (QED) is 0.830. The number of hydrogen-bond donors (Lipinski definition) is 1. The average molecular weight is 347 g/mol. The molecule has 0 aliphatic carbocycles. The van der Waals surface area contributed by atoms with E-state index in [9.17, 15) is 18.8 Å². The predicted molar refractivity (Wildman–Crippen MR) is 89.3 cm³/mol. The zero-order valence-corrected chi connectivity index (χ0v) is 14.2. The Morgan fingerprint density at radius 1 is 1.20 bits per heavy atom. The SMILES string of the molecule is CCN1C(=O)C[C@H](NC2CCN(C(=O)c3ccc(F)cc3)CC2)C1=O. The van der Waals surface area contributed by atoms with Crippen LogP contribution in [0, 0.1) is 5.82 Å². The molecule has 6 nitrogen and oxygen atoms in total. The molecule has 134 valence electrons. The van der Waals surface area contributed by atoms with Gasteiger partial charge in [0, 0.05) is 31.2 Å². The molecule has 0 saturated carbocycles. The molecule has 25 heavy (non-hydrogen) atoms. The number of likely N-dealkylation sites (N-methyl/N-ethyl adjacent to an activating group) is 1. The van der Waals surface area contributed by atoms with Crippen LogP contribution in [0.1, 0.15) is 36.5 Å². The molecule has 7 heteroatoms. The molecule has 0 spiro atoms. The third kappa shape index (κ3) is 3.71. The molecule has 2 aliphatic heterocycles. The molecule has 2 saturated heterocycles. The minimum absolute atomic E-state index is 0.107. The number of hydrogen-bond acceptors (Lipinski definition) is 4. The molecule has 3 rings (SSSR count). The molecule has 1 aromatic carbocycles. The van der Waals surface area contributed by atoms with Crippen LogP contribution in [0.5, 0.6) is 0 Å². The van der Waals surface area contributed by atoms with E-state index in [-0.39, 0.29) is 36.0 Å². The molecule has 2 fully saturated rings. The summed E-state index contributed by atoms with van der Waals surface area (Å²) in [5.41, 5.74) is 0.475. The van der Waals surface area contributed by atoms with Crippen LogP contribution in [-0.4, -0.2) is 59.2 Å². The number of piperidine rings is 1. The third-order valence-electron chi connectivity index (χ3n) is 4.87. The Labute approximate surface area is 146 Å². The van der Waals surface area contributed by atoms with E-state index < -0.39 is 6.04 Å². The Balaban J connectivity index is 1.52. The van der Waals surface area contributed by atoms with Gasteiger partial charge in [0.05, 0.1) is 12.5 Å². The number of nitrogens with one attached hydrogen (secondary N) is 1. The maximum Gasteiger partial charge on any atom is 0.253 e. The van der Waals surface area contributed by atoms with Gasteiger partial charge in [-0.15, -0.1) is 0 Å². The lowest BCUT2D eigenvalue weighted by molar-refractivity contribution is -0.138. The van der Waals surface area contributed by atoms with Crippen molar-refractivity contribution in [2.75, 3.05) is 19.6 Å². The van der Waals surface area contributed by atoms with Gasteiger partial charge in [-0.25, -0.2) is 4.39 Å². The summed E-state index contributed by atoms with van der Waals surface area (Å²) in [6.07, 6.45) is 1.65. The summed E-state index contributed by atoms with van der Waals surface area (Å²) in [6, 6.07) is 5.20. The van der Waals surface area contributed by atoms with E-state index in [4.69, 9.17) is 0 Å². The van der Waals surface area contributed by atoms with Crippen LogP contribution in [0.25, 0.3) is 0 Å². The minimum Gasteiger partial charge on any atom is -0.339 e. The summed E-state index contributed by atoms with van der Waals surface area (Å²) >= 11 is 0. The molecule has 2 heterocycles. The minimum atomic E-state index is -0.447. The highest BCUT2D eigenvalue weighted by atomic mass is 19.1. The second-order valence-electron chi connectivity index (χ2n) is 6.47. The van der Waals surface area contributed by atoms with E-state index in [0.29, 0.717) is 25.2 Å².